The molecule has 31 heavy (non-hydrogen) atoms. The van der Waals surface area contributed by atoms with E-state index in [1.165, 1.54) is 24.1 Å². The van der Waals surface area contributed by atoms with Gasteiger partial charge in [-0.25, -0.2) is 8.42 Å². The quantitative estimate of drug-likeness (QED) is 0.714. The van der Waals surface area contributed by atoms with Crippen LogP contribution in [-0.2, 0) is 26.0 Å². The molecule has 1 atom stereocenters. The first-order chi connectivity index (χ1) is 14.8. The molecule has 7 nitrogen and oxygen atoms in total. The number of nitrogens with zero attached hydrogens (tertiary/aromatic N) is 3. The monoisotopic (exact) mass is 447 g/mol. The van der Waals surface area contributed by atoms with Gasteiger partial charge in [-0.3, -0.25) is 9.59 Å². The normalized spacial score (nSPS) is 23.5. The maximum atomic E-state index is 13.3. The Morgan fingerprint density at radius 3 is 2.23 bits per heavy atom. The van der Waals surface area contributed by atoms with Gasteiger partial charge in [-0.2, -0.15) is 4.31 Å². The van der Waals surface area contributed by atoms with Crippen LogP contribution < -0.4 is 4.90 Å². The first kappa shape index (κ1) is 22.3. The van der Waals surface area contributed by atoms with Crippen molar-refractivity contribution in [1.82, 2.24) is 9.21 Å². The van der Waals surface area contributed by atoms with E-state index in [2.05, 4.69) is 0 Å². The van der Waals surface area contributed by atoms with Gasteiger partial charge in [0.25, 0.3) is 0 Å². The Morgan fingerprint density at radius 2 is 1.61 bits per heavy atom. The van der Waals surface area contributed by atoms with Gasteiger partial charge in [0, 0.05) is 50.7 Å². The van der Waals surface area contributed by atoms with Crippen LogP contribution in [0.5, 0.6) is 0 Å². The molecule has 2 fully saturated rings. The number of rotatable bonds is 3. The predicted octanol–water partition coefficient (Wildman–Crippen LogP) is 2.79. The van der Waals surface area contributed by atoms with E-state index in [9.17, 15) is 18.0 Å². The molecule has 0 bridgehead atoms. The first-order valence-corrected chi connectivity index (χ1v) is 12.9. The van der Waals surface area contributed by atoms with Gasteiger partial charge in [-0.05, 0) is 62.8 Å². The number of carbonyl (C=O) groups excluding carboxylic acids is 2. The zero-order valence-electron chi connectivity index (χ0n) is 18.5. The topological polar surface area (TPSA) is 78.0 Å². The summed E-state index contributed by atoms with van der Waals surface area (Å²) in [4.78, 5) is 28.8. The van der Waals surface area contributed by atoms with E-state index in [0.29, 0.717) is 32.4 Å². The van der Waals surface area contributed by atoms with Crippen molar-refractivity contribution in [2.75, 3.05) is 31.1 Å². The van der Waals surface area contributed by atoms with Crippen molar-refractivity contribution in [2.45, 2.75) is 69.7 Å². The van der Waals surface area contributed by atoms with Gasteiger partial charge >= 0.3 is 0 Å². The van der Waals surface area contributed by atoms with E-state index in [1.54, 1.807) is 23.1 Å². The van der Waals surface area contributed by atoms with Gasteiger partial charge in [0.15, 0.2) is 0 Å². The number of hydrogen-bond donors (Lipinski definition) is 0. The highest BCUT2D eigenvalue weighted by atomic mass is 32.2. The van der Waals surface area contributed by atoms with Crippen LogP contribution in [0, 0.1) is 5.92 Å². The molecule has 3 heterocycles. The molecule has 2 saturated heterocycles. The van der Waals surface area contributed by atoms with Crippen LogP contribution in [0.4, 0.5) is 5.69 Å². The lowest BCUT2D eigenvalue weighted by atomic mass is 9.96. The molecule has 0 aliphatic carbocycles. The summed E-state index contributed by atoms with van der Waals surface area (Å²) in [5.41, 5.74) is 1.70. The Kier molecular flexibility index (Phi) is 6.40. The van der Waals surface area contributed by atoms with Crippen LogP contribution in [0.25, 0.3) is 0 Å². The second-order valence-corrected chi connectivity index (χ2v) is 11.1. The van der Waals surface area contributed by atoms with E-state index in [4.69, 9.17) is 0 Å². The molecule has 1 aromatic rings. The second kappa shape index (κ2) is 8.90. The Labute approximate surface area is 185 Å². The number of anilines is 1. The second-order valence-electron chi connectivity index (χ2n) is 9.15. The summed E-state index contributed by atoms with van der Waals surface area (Å²) >= 11 is 0. The fraction of sp³-hybridized carbons (Fsp3) is 0.652. The van der Waals surface area contributed by atoms with Crippen LogP contribution in [0.1, 0.15) is 57.9 Å². The number of piperidine rings is 1. The summed E-state index contributed by atoms with van der Waals surface area (Å²) < 4.78 is 28.0. The standard InChI is InChI=1S/C23H33N3O4S/c1-17-15-20-16-21(7-8-22(20)26(17)18(2)27)31(29,30)25-13-9-19(10-14-25)23(28)24-11-5-3-4-6-12-24/h7-8,16-17,19H,3-6,9-15H2,1-2H3/t17-/m0/s1. The summed E-state index contributed by atoms with van der Waals surface area (Å²) in [6.07, 6.45) is 6.32. The van der Waals surface area contributed by atoms with E-state index in [1.807, 2.05) is 11.8 Å². The predicted molar refractivity (Wildman–Crippen MR) is 119 cm³/mol. The highest BCUT2D eigenvalue weighted by Gasteiger charge is 2.35. The van der Waals surface area contributed by atoms with Crippen molar-refractivity contribution in [2.24, 2.45) is 5.92 Å². The third-order valence-corrected chi connectivity index (χ3v) is 8.86. The zero-order chi connectivity index (χ0) is 22.2. The molecule has 4 rings (SSSR count). The third kappa shape index (κ3) is 4.37. The molecule has 8 heteroatoms. The Bertz CT molecular complexity index is 946. The minimum absolute atomic E-state index is 0.0296. The van der Waals surface area contributed by atoms with Crippen LogP contribution in [-0.4, -0.2) is 61.7 Å². The molecule has 0 saturated carbocycles. The maximum absolute atomic E-state index is 13.3. The third-order valence-electron chi connectivity index (χ3n) is 6.96. The van der Waals surface area contributed by atoms with Crippen molar-refractivity contribution in [1.29, 1.82) is 0 Å². The lowest BCUT2D eigenvalue weighted by molar-refractivity contribution is -0.136. The maximum Gasteiger partial charge on any atom is 0.243 e. The zero-order valence-corrected chi connectivity index (χ0v) is 19.4. The van der Waals surface area contributed by atoms with Gasteiger partial charge in [0.05, 0.1) is 4.90 Å². The molecule has 0 N–H and O–H groups in total. The SMILES string of the molecule is CC(=O)N1c2ccc(S(=O)(=O)N3CCC(C(=O)N4CCCCCC4)CC3)cc2C[C@@H]1C. The first-order valence-electron chi connectivity index (χ1n) is 11.5. The van der Waals surface area contributed by atoms with Crippen molar-refractivity contribution < 1.29 is 18.0 Å². The summed E-state index contributed by atoms with van der Waals surface area (Å²) in [5, 5.41) is 0. The van der Waals surface area contributed by atoms with Crippen LogP contribution in [0.3, 0.4) is 0 Å². The molecule has 0 radical (unpaired) electrons. The molecule has 0 unspecified atom stereocenters. The molecule has 2 amide bonds. The molecular formula is C23H33N3O4S. The molecule has 1 aromatic carbocycles. The molecule has 0 spiro atoms. The number of likely N-dealkylation sites (tertiary alicyclic amines) is 1. The van der Waals surface area contributed by atoms with Crippen molar-refractivity contribution >= 4 is 27.5 Å². The highest BCUT2D eigenvalue weighted by molar-refractivity contribution is 7.89. The molecule has 3 aliphatic heterocycles. The van der Waals surface area contributed by atoms with Gasteiger partial charge in [0.1, 0.15) is 0 Å². The Balaban J connectivity index is 1.43. The van der Waals surface area contributed by atoms with Crippen LogP contribution in [0.2, 0.25) is 0 Å². The van der Waals surface area contributed by atoms with Gasteiger partial charge in [-0.1, -0.05) is 12.8 Å². The largest absolute Gasteiger partial charge is 0.342 e. The molecule has 3 aliphatic rings. The highest BCUT2D eigenvalue weighted by Crippen LogP contribution is 2.35. The van der Waals surface area contributed by atoms with Crippen LogP contribution >= 0.6 is 0 Å². The summed E-state index contributed by atoms with van der Waals surface area (Å²) in [5.74, 6) is 0.0994. The van der Waals surface area contributed by atoms with E-state index < -0.39 is 10.0 Å². The number of benzene rings is 1. The Morgan fingerprint density at radius 1 is 0.968 bits per heavy atom. The molecule has 170 valence electrons. The van der Waals surface area contributed by atoms with Gasteiger partial charge < -0.3 is 9.80 Å². The number of amides is 2. The summed E-state index contributed by atoms with van der Waals surface area (Å²) in [7, 11) is -3.61. The van der Waals surface area contributed by atoms with Crippen molar-refractivity contribution in [3.8, 4) is 0 Å². The van der Waals surface area contributed by atoms with E-state index in [-0.39, 0.29) is 28.7 Å². The number of fused-ring (bicyclic) bond motifs is 1. The van der Waals surface area contributed by atoms with Gasteiger partial charge in [0.2, 0.25) is 21.8 Å². The van der Waals surface area contributed by atoms with E-state index >= 15 is 0 Å². The van der Waals surface area contributed by atoms with Gasteiger partial charge in [-0.15, -0.1) is 0 Å². The molecule has 0 aromatic heterocycles. The average molecular weight is 448 g/mol. The average Bonchev–Trinajstić information content (AvgIpc) is 2.90. The fourth-order valence-electron chi connectivity index (χ4n) is 5.29. The summed E-state index contributed by atoms with van der Waals surface area (Å²) in [6, 6.07) is 5.11. The lowest BCUT2D eigenvalue weighted by Crippen LogP contribution is -2.44. The lowest BCUT2D eigenvalue weighted by Gasteiger charge is -2.33. The van der Waals surface area contributed by atoms with Crippen molar-refractivity contribution in [3.05, 3.63) is 23.8 Å². The minimum atomic E-state index is -3.61. The summed E-state index contributed by atoms with van der Waals surface area (Å²) in [6.45, 7) is 5.93. The van der Waals surface area contributed by atoms with Crippen molar-refractivity contribution in [3.63, 3.8) is 0 Å². The number of sulfonamides is 1. The van der Waals surface area contributed by atoms with Crippen LogP contribution in [0.15, 0.2) is 23.1 Å². The fourth-order valence-corrected chi connectivity index (χ4v) is 6.81. The van der Waals surface area contributed by atoms with E-state index in [0.717, 1.165) is 37.2 Å². The number of carbonyl (C=O) groups is 2. The molecular weight excluding hydrogens is 414 g/mol. The number of hydrogen-bond acceptors (Lipinski definition) is 4. The minimum Gasteiger partial charge on any atom is -0.342 e. The smallest absolute Gasteiger partial charge is 0.243 e. The Hall–Kier alpha value is -1.93.